The Balaban J connectivity index is 2.03. The van der Waals surface area contributed by atoms with Gasteiger partial charge in [-0.25, -0.2) is 9.50 Å². The molecule has 0 spiro atoms. The summed E-state index contributed by atoms with van der Waals surface area (Å²) >= 11 is 6.70. The summed E-state index contributed by atoms with van der Waals surface area (Å²) in [6.07, 6.45) is 3.57. The van der Waals surface area contributed by atoms with Crippen molar-refractivity contribution in [2.45, 2.75) is 13.8 Å². The number of halogens is 1. The van der Waals surface area contributed by atoms with E-state index in [-0.39, 0.29) is 0 Å². The molecule has 0 saturated heterocycles. The van der Waals surface area contributed by atoms with Crippen LogP contribution in [0.5, 0.6) is 0 Å². The van der Waals surface area contributed by atoms with Crippen molar-refractivity contribution in [3.8, 4) is 22.3 Å². The van der Waals surface area contributed by atoms with Crippen molar-refractivity contribution in [3.05, 3.63) is 71.4 Å². The topological polar surface area (TPSA) is 43.1 Å². The highest BCUT2D eigenvalue weighted by molar-refractivity contribution is 6.32. The van der Waals surface area contributed by atoms with Crippen LogP contribution >= 0.6 is 11.6 Å². The first kappa shape index (κ1) is 14.8. The zero-order chi connectivity index (χ0) is 16.7. The smallest absolute Gasteiger partial charge is 0.165 e. The third-order valence-electron chi connectivity index (χ3n) is 4.08. The van der Waals surface area contributed by atoms with Gasteiger partial charge in [0.05, 0.1) is 17.0 Å². The molecule has 24 heavy (non-hydrogen) atoms. The number of rotatable bonds is 2. The molecule has 0 saturated carbocycles. The molecule has 1 aromatic carbocycles. The van der Waals surface area contributed by atoms with Gasteiger partial charge >= 0.3 is 0 Å². The standard InChI is InChI=1S/C19H15ClN4/c1-12-16(14-7-4-3-5-8-14)18(20)24-19(22-12)17(13(2)23-24)15-9-6-10-21-11-15/h3-11H,1-2H3. The van der Waals surface area contributed by atoms with Gasteiger partial charge < -0.3 is 0 Å². The highest BCUT2D eigenvalue weighted by Gasteiger charge is 2.19. The van der Waals surface area contributed by atoms with E-state index in [2.05, 4.69) is 10.1 Å². The molecule has 3 heterocycles. The molecule has 0 aliphatic rings. The highest BCUT2D eigenvalue weighted by atomic mass is 35.5. The van der Waals surface area contributed by atoms with E-state index in [1.807, 2.05) is 62.5 Å². The molecular formula is C19H15ClN4. The maximum atomic E-state index is 6.70. The third-order valence-corrected chi connectivity index (χ3v) is 4.43. The van der Waals surface area contributed by atoms with Gasteiger partial charge in [-0.1, -0.05) is 48.0 Å². The molecule has 3 aromatic heterocycles. The minimum atomic E-state index is 0.571. The lowest BCUT2D eigenvalue weighted by Gasteiger charge is -2.10. The lowest BCUT2D eigenvalue weighted by Crippen LogP contribution is -1.99. The fourth-order valence-corrected chi connectivity index (χ4v) is 3.37. The first-order chi connectivity index (χ1) is 11.7. The van der Waals surface area contributed by atoms with Gasteiger partial charge in [-0.15, -0.1) is 0 Å². The monoisotopic (exact) mass is 334 g/mol. The van der Waals surface area contributed by atoms with Gasteiger partial charge in [-0.3, -0.25) is 4.98 Å². The molecule has 4 rings (SSSR count). The first-order valence-corrected chi connectivity index (χ1v) is 8.06. The van der Waals surface area contributed by atoms with Crippen LogP contribution < -0.4 is 0 Å². The van der Waals surface area contributed by atoms with E-state index in [0.29, 0.717) is 5.15 Å². The Labute approximate surface area is 144 Å². The van der Waals surface area contributed by atoms with E-state index in [4.69, 9.17) is 16.6 Å². The molecule has 0 aliphatic carbocycles. The second-order valence-electron chi connectivity index (χ2n) is 5.67. The van der Waals surface area contributed by atoms with Crippen molar-refractivity contribution in [3.63, 3.8) is 0 Å². The molecule has 0 aliphatic heterocycles. The van der Waals surface area contributed by atoms with Crippen LogP contribution in [0.4, 0.5) is 0 Å². The maximum Gasteiger partial charge on any atom is 0.165 e. The molecule has 5 heteroatoms. The molecule has 0 radical (unpaired) electrons. The van der Waals surface area contributed by atoms with Gasteiger partial charge in [-0.2, -0.15) is 5.10 Å². The van der Waals surface area contributed by atoms with Gasteiger partial charge in [0.1, 0.15) is 5.15 Å². The molecule has 0 fully saturated rings. The summed E-state index contributed by atoms with van der Waals surface area (Å²) in [6.45, 7) is 3.94. The zero-order valence-corrected chi connectivity index (χ0v) is 14.1. The van der Waals surface area contributed by atoms with Gasteiger partial charge in [0.2, 0.25) is 0 Å². The van der Waals surface area contributed by atoms with Crippen LogP contribution in [0, 0.1) is 13.8 Å². The average molecular weight is 335 g/mol. The van der Waals surface area contributed by atoms with Crippen LogP contribution in [0.15, 0.2) is 54.9 Å². The zero-order valence-electron chi connectivity index (χ0n) is 13.4. The van der Waals surface area contributed by atoms with Crippen LogP contribution in [-0.4, -0.2) is 19.6 Å². The van der Waals surface area contributed by atoms with E-state index in [1.54, 1.807) is 10.7 Å². The molecule has 118 valence electrons. The first-order valence-electron chi connectivity index (χ1n) is 7.68. The summed E-state index contributed by atoms with van der Waals surface area (Å²) in [5, 5.41) is 5.18. The van der Waals surface area contributed by atoms with Crippen molar-refractivity contribution in [2.24, 2.45) is 0 Å². The van der Waals surface area contributed by atoms with E-state index < -0.39 is 0 Å². The number of hydrogen-bond donors (Lipinski definition) is 0. The van der Waals surface area contributed by atoms with Crippen molar-refractivity contribution in [2.75, 3.05) is 0 Å². The van der Waals surface area contributed by atoms with Gasteiger partial charge in [-0.05, 0) is 25.5 Å². The lowest BCUT2D eigenvalue weighted by molar-refractivity contribution is 0.912. The fourth-order valence-electron chi connectivity index (χ4n) is 3.01. The van der Waals surface area contributed by atoms with E-state index >= 15 is 0 Å². The Morgan fingerprint density at radius 1 is 0.875 bits per heavy atom. The van der Waals surface area contributed by atoms with Crippen molar-refractivity contribution >= 4 is 17.2 Å². The van der Waals surface area contributed by atoms with Crippen LogP contribution in [0.25, 0.3) is 27.9 Å². The Morgan fingerprint density at radius 2 is 1.62 bits per heavy atom. The molecule has 0 atom stereocenters. The Kier molecular flexibility index (Phi) is 3.54. The van der Waals surface area contributed by atoms with Crippen molar-refractivity contribution in [1.29, 1.82) is 0 Å². The molecule has 4 nitrogen and oxygen atoms in total. The molecular weight excluding hydrogens is 320 g/mol. The van der Waals surface area contributed by atoms with Crippen molar-refractivity contribution < 1.29 is 0 Å². The second-order valence-corrected chi connectivity index (χ2v) is 6.02. The minimum Gasteiger partial charge on any atom is -0.264 e. The van der Waals surface area contributed by atoms with Crippen LogP contribution in [-0.2, 0) is 0 Å². The quantitative estimate of drug-likeness (QED) is 0.498. The van der Waals surface area contributed by atoms with Gasteiger partial charge in [0.15, 0.2) is 5.65 Å². The molecule has 4 aromatic rings. The summed E-state index contributed by atoms with van der Waals surface area (Å²) in [5.74, 6) is 0. The average Bonchev–Trinajstić information content (AvgIpc) is 2.93. The Morgan fingerprint density at radius 3 is 2.33 bits per heavy atom. The summed E-state index contributed by atoms with van der Waals surface area (Å²) in [7, 11) is 0. The van der Waals surface area contributed by atoms with Gasteiger partial charge in [0.25, 0.3) is 0 Å². The summed E-state index contributed by atoms with van der Waals surface area (Å²) < 4.78 is 1.72. The van der Waals surface area contributed by atoms with Crippen LogP contribution in [0.2, 0.25) is 5.15 Å². The van der Waals surface area contributed by atoms with Gasteiger partial charge in [0, 0.05) is 23.5 Å². The lowest BCUT2D eigenvalue weighted by atomic mass is 10.1. The summed E-state index contributed by atoms with van der Waals surface area (Å²) in [5.41, 5.74) is 6.40. The maximum absolute atomic E-state index is 6.70. The van der Waals surface area contributed by atoms with Crippen LogP contribution in [0.1, 0.15) is 11.4 Å². The van der Waals surface area contributed by atoms with E-state index in [9.17, 15) is 0 Å². The highest BCUT2D eigenvalue weighted by Crippen LogP contribution is 2.34. The normalized spacial score (nSPS) is 11.1. The SMILES string of the molecule is Cc1nc2c(-c3cccnc3)c(C)nn2c(Cl)c1-c1ccccc1. The second kappa shape index (κ2) is 5.73. The Bertz CT molecular complexity index is 1020. The summed E-state index contributed by atoms with van der Waals surface area (Å²) in [6, 6.07) is 13.9. The van der Waals surface area contributed by atoms with E-state index in [0.717, 1.165) is 39.3 Å². The molecule has 0 unspecified atom stereocenters. The number of nitrogens with zero attached hydrogens (tertiary/aromatic N) is 4. The molecule has 0 N–H and O–H groups in total. The fraction of sp³-hybridized carbons (Fsp3) is 0.105. The molecule has 0 bridgehead atoms. The molecule has 0 amide bonds. The number of hydrogen-bond acceptors (Lipinski definition) is 3. The minimum absolute atomic E-state index is 0.571. The Hall–Kier alpha value is -2.72. The van der Waals surface area contributed by atoms with Crippen molar-refractivity contribution in [1.82, 2.24) is 19.6 Å². The van der Waals surface area contributed by atoms with E-state index in [1.165, 1.54) is 0 Å². The largest absolute Gasteiger partial charge is 0.264 e. The van der Waals surface area contributed by atoms with Crippen LogP contribution in [0.3, 0.4) is 0 Å². The number of aryl methyl sites for hydroxylation is 2. The summed E-state index contributed by atoms with van der Waals surface area (Å²) in [4.78, 5) is 9.00. The number of benzene rings is 1. The number of pyridine rings is 1. The predicted molar refractivity (Wildman–Crippen MR) is 96.1 cm³/mol. The predicted octanol–water partition coefficient (Wildman–Crippen LogP) is 4.73. The third kappa shape index (κ3) is 2.27. The number of fused-ring (bicyclic) bond motifs is 1. The number of aromatic nitrogens is 4.